The van der Waals surface area contributed by atoms with Crippen LogP contribution in [0.15, 0.2) is 53.6 Å². The molecular formula is C18H18N4O3S. The van der Waals surface area contributed by atoms with E-state index in [0.717, 1.165) is 18.2 Å². The van der Waals surface area contributed by atoms with Crippen LogP contribution >= 0.6 is 0 Å². The zero-order valence-corrected chi connectivity index (χ0v) is 14.8. The molecule has 0 aliphatic carbocycles. The van der Waals surface area contributed by atoms with Crippen LogP contribution in [0.1, 0.15) is 23.2 Å². The lowest BCUT2D eigenvalue weighted by molar-refractivity contribution is 0.102. The first-order chi connectivity index (χ1) is 12.5. The Morgan fingerprint density at radius 1 is 1.04 bits per heavy atom. The van der Waals surface area contributed by atoms with Gasteiger partial charge in [0.2, 0.25) is 10.0 Å². The molecule has 2 aromatic heterocycles. The SMILES string of the molecule is O=C(Nc1ccc2cc[nH]c2n1)c1ccc(S(=O)(=O)N2CCCC2)cc1. The fraction of sp³-hybridized carbons (Fsp3) is 0.222. The number of hydrogen-bond donors (Lipinski definition) is 2. The summed E-state index contributed by atoms with van der Waals surface area (Å²) >= 11 is 0. The Kier molecular flexibility index (Phi) is 4.21. The second kappa shape index (κ2) is 6.54. The number of carbonyl (C=O) groups is 1. The highest BCUT2D eigenvalue weighted by molar-refractivity contribution is 7.89. The van der Waals surface area contributed by atoms with Crippen molar-refractivity contribution in [2.75, 3.05) is 18.4 Å². The molecule has 0 atom stereocenters. The second-order valence-corrected chi connectivity index (χ2v) is 8.14. The fourth-order valence-electron chi connectivity index (χ4n) is 3.04. The summed E-state index contributed by atoms with van der Waals surface area (Å²) in [5, 5.41) is 3.68. The number of nitrogens with zero attached hydrogens (tertiary/aromatic N) is 2. The van der Waals surface area contributed by atoms with Gasteiger partial charge in [0, 0.05) is 30.2 Å². The topological polar surface area (TPSA) is 95.2 Å². The smallest absolute Gasteiger partial charge is 0.256 e. The van der Waals surface area contributed by atoms with Crippen molar-refractivity contribution in [1.29, 1.82) is 0 Å². The van der Waals surface area contributed by atoms with Crippen molar-refractivity contribution in [2.24, 2.45) is 0 Å². The number of amides is 1. The Bertz CT molecular complexity index is 1050. The van der Waals surface area contributed by atoms with Gasteiger partial charge < -0.3 is 10.3 Å². The van der Waals surface area contributed by atoms with Gasteiger partial charge in [0.05, 0.1) is 4.90 Å². The van der Waals surface area contributed by atoms with Crippen molar-refractivity contribution in [3.05, 3.63) is 54.2 Å². The molecule has 1 aliphatic heterocycles. The summed E-state index contributed by atoms with van der Waals surface area (Å²) in [7, 11) is -3.47. The summed E-state index contributed by atoms with van der Waals surface area (Å²) < 4.78 is 26.5. The van der Waals surface area contributed by atoms with E-state index in [4.69, 9.17) is 0 Å². The number of sulfonamides is 1. The van der Waals surface area contributed by atoms with Crippen molar-refractivity contribution < 1.29 is 13.2 Å². The third-order valence-electron chi connectivity index (χ3n) is 4.47. The zero-order valence-electron chi connectivity index (χ0n) is 14.0. The summed E-state index contributed by atoms with van der Waals surface area (Å²) in [6.45, 7) is 1.11. The molecule has 1 aromatic carbocycles. The first kappa shape index (κ1) is 16.7. The Morgan fingerprint density at radius 2 is 1.77 bits per heavy atom. The lowest BCUT2D eigenvalue weighted by Crippen LogP contribution is -2.27. The molecule has 1 saturated heterocycles. The molecule has 0 unspecified atom stereocenters. The minimum atomic E-state index is -3.47. The summed E-state index contributed by atoms with van der Waals surface area (Å²) in [5.74, 6) is 0.0900. The maximum absolute atomic E-state index is 12.5. The van der Waals surface area contributed by atoms with E-state index in [1.807, 2.05) is 12.1 Å². The second-order valence-electron chi connectivity index (χ2n) is 6.20. The van der Waals surface area contributed by atoms with Gasteiger partial charge in [-0.2, -0.15) is 4.31 Å². The first-order valence-corrected chi connectivity index (χ1v) is 9.84. The van der Waals surface area contributed by atoms with Gasteiger partial charge in [-0.15, -0.1) is 0 Å². The number of aromatic nitrogens is 2. The van der Waals surface area contributed by atoms with Gasteiger partial charge in [0.25, 0.3) is 5.91 Å². The summed E-state index contributed by atoms with van der Waals surface area (Å²) in [4.78, 5) is 19.9. The lowest BCUT2D eigenvalue weighted by Gasteiger charge is -2.15. The highest BCUT2D eigenvalue weighted by atomic mass is 32.2. The molecule has 0 saturated carbocycles. The first-order valence-electron chi connectivity index (χ1n) is 8.40. The Balaban J connectivity index is 1.51. The average molecular weight is 370 g/mol. The van der Waals surface area contributed by atoms with Crippen molar-refractivity contribution in [3.63, 3.8) is 0 Å². The number of anilines is 1. The molecule has 2 N–H and O–H groups in total. The van der Waals surface area contributed by atoms with Crippen LogP contribution in [0.25, 0.3) is 11.0 Å². The van der Waals surface area contributed by atoms with Crippen LogP contribution in [0.3, 0.4) is 0 Å². The van der Waals surface area contributed by atoms with Gasteiger partial charge in [0.15, 0.2) is 0 Å². The molecule has 3 heterocycles. The van der Waals surface area contributed by atoms with E-state index in [-0.39, 0.29) is 10.8 Å². The highest BCUT2D eigenvalue weighted by Crippen LogP contribution is 2.21. The van der Waals surface area contributed by atoms with Crippen LogP contribution in [0, 0.1) is 0 Å². The fourth-order valence-corrected chi connectivity index (χ4v) is 4.56. The van der Waals surface area contributed by atoms with Gasteiger partial charge in [-0.05, 0) is 55.3 Å². The van der Waals surface area contributed by atoms with Crippen LogP contribution in [0.5, 0.6) is 0 Å². The predicted molar refractivity (Wildman–Crippen MR) is 98.5 cm³/mol. The van der Waals surface area contributed by atoms with Crippen LogP contribution < -0.4 is 5.32 Å². The number of fused-ring (bicyclic) bond motifs is 1. The molecular weight excluding hydrogens is 352 g/mol. The van der Waals surface area contributed by atoms with Gasteiger partial charge in [-0.25, -0.2) is 13.4 Å². The van der Waals surface area contributed by atoms with Gasteiger partial charge in [0.1, 0.15) is 11.5 Å². The normalized spacial score (nSPS) is 15.4. The molecule has 1 amide bonds. The third kappa shape index (κ3) is 3.09. The van der Waals surface area contributed by atoms with E-state index in [9.17, 15) is 13.2 Å². The van der Waals surface area contributed by atoms with E-state index >= 15 is 0 Å². The van der Waals surface area contributed by atoms with Crippen molar-refractivity contribution in [1.82, 2.24) is 14.3 Å². The van der Waals surface area contributed by atoms with Crippen molar-refractivity contribution >= 4 is 32.8 Å². The molecule has 0 spiro atoms. The quantitative estimate of drug-likeness (QED) is 0.738. The van der Waals surface area contributed by atoms with Crippen molar-refractivity contribution in [2.45, 2.75) is 17.7 Å². The average Bonchev–Trinajstić information content (AvgIpc) is 3.33. The number of aromatic amines is 1. The summed E-state index contributed by atoms with van der Waals surface area (Å²) in [6.07, 6.45) is 3.55. The minimum absolute atomic E-state index is 0.210. The van der Waals surface area contributed by atoms with Gasteiger partial charge >= 0.3 is 0 Å². The predicted octanol–water partition coefficient (Wildman–Crippen LogP) is 2.60. The standard InChI is InChI=1S/C18H18N4O3S/c23-18(21-16-8-5-13-9-10-19-17(13)20-16)14-3-6-15(7-4-14)26(24,25)22-11-1-2-12-22/h3-10H,1-2,11-12H2,(H2,19,20,21,23). The number of rotatable bonds is 4. The molecule has 8 heteroatoms. The summed E-state index contributed by atoms with van der Waals surface area (Å²) in [6, 6.07) is 11.5. The number of carbonyl (C=O) groups excluding carboxylic acids is 1. The zero-order chi connectivity index (χ0) is 18.1. The van der Waals surface area contributed by atoms with Gasteiger partial charge in [-0.3, -0.25) is 4.79 Å². The van der Waals surface area contributed by atoms with Crippen LogP contribution in [-0.2, 0) is 10.0 Å². The highest BCUT2D eigenvalue weighted by Gasteiger charge is 2.27. The minimum Gasteiger partial charge on any atom is -0.346 e. The molecule has 0 radical (unpaired) electrons. The van der Waals surface area contributed by atoms with E-state index in [2.05, 4.69) is 15.3 Å². The van der Waals surface area contributed by atoms with Crippen LogP contribution in [0.4, 0.5) is 5.82 Å². The number of nitrogens with one attached hydrogen (secondary N) is 2. The Morgan fingerprint density at radius 3 is 2.50 bits per heavy atom. The number of hydrogen-bond acceptors (Lipinski definition) is 4. The number of H-pyrrole nitrogens is 1. The molecule has 134 valence electrons. The Hall–Kier alpha value is -2.71. The molecule has 1 aliphatic rings. The van der Waals surface area contributed by atoms with Crippen molar-refractivity contribution in [3.8, 4) is 0 Å². The van der Waals surface area contributed by atoms with Crippen LogP contribution in [0.2, 0.25) is 0 Å². The molecule has 3 aromatic rings. The maximum Gasteiger partial charge on any atom is 0.256 e. The van der Waals surface area contributed by atoms with Gasteiger partial charge in [-0.1, -0.05) is 0 Å². The lowest BCUT2D eigenvalue weighted by atomic mass is 10.2. The number of pyridine rings is 1. The van der Waals surface area contributed by atoms with E-state index in [1.165, 1.54) is 28.6 Å². The third-order valence-corrected chi connectivity index (χ3v) is 6.38. The maximum atomic E-state index is 12.5. The molecule has 7 nitrogen and oxygen atoms in total. The molecule has 26 heavy (non-hydrogen) atoms. The van der Waals surface area contributed by atoms with E-state index < -0.39 is 10.0 Å². The molecule has 4 rings (SSSR count). The Labute approximate surface area is 151 Å². The summed E-state index contributed by atoms with van der Waals surface area (Å²) in [5.41, 5.74) is 1.06. The van der Waals surface area contributed by atoms with E-state index in [0.29, 0.717) is 30.1 Å². The number of benzene rings is 1. The monoisotopic (exact) mass is 370 g/mol. The molecule has 1 fully saturated rings. The van der Waals surface area contributed by atoms with E-state index in [1.54, 1.807) is 12.3 Å². The molecule has 0 bridgehead atoms. The van der Waals surface area contributed by atoms with Crippen LogP contribution in [-0.4, -0.2) is 41.7 Å². The largest absolute Gasteiger partial charge is 0.346 e.